The van der Waals surface area contributed by atoms with Gasteiger partial charge in [0.15, 0.2) is 0 Å². The second kappa shape index (κ2) is 8.04. The van der Waals surface area contributed by atoms with E-state index in [1.165, 1.54) is 12.8 Å². The number of hydrogen-bond acceptors (Lipinski definition) is 1. The summed E-state index contributed by atoms with van der Waals surface area (Å²) in [4.78, 5) is 0. The fraction of sp³-hybridized carbons (Fsp3) is 1.00. The summed E-state index contributed by atoms with van der Waals surface area (Å²) < 4.78 is 0. The van der Waals surface area contributed by atoms with Crippen molar-refractivity contribution in [2.45, 2.75) is 106 Å². The van der Waals surface area contributed by atoms with Crippen molar-refractivity contribution in [3.8, 4) is 0 Å². The van der Waals surface area contributed by atoms with Gasteiger partial charge in [-0.15, -0.1) is 0 Å². The average molecular weight is 421 g/mol. The lowest BCUT2D eigenvalue weighted by Gasteiger charge is -2.46. The normalized spacial score (nSPS) is 48.1. The molecule has 170 valence electrons. The Morgan fingerprint density at radius 2 is 1.28 bits per heavy atom. The zero-order valence-corrected chi connectivity index (χ0v) is 22.6. The van der Waals surface area contributed by atoms with Crippen LogP contribution in [0, 0.1) is 70.0 Å². The predicted octanol–water partition coefficient (Wildman–Crippen LogP) is 8.65. The van der Waals surface area contributed by atoms with Gasteiger partial charge in [-0.1, -0.05) is 83.1 Å². The van der Waals surface area contributed by atoms with Crippen molar-refractivity contribution in [2.24, 2.45) is 70.0 Å². The zero-order chi connectivity index (χ0) is 22.0. The van der Waals surface area contributed by atoms with Crippen LogP contribution in [0.5, 0.6) is 0 Å². The first-order chi connectivity index (χ1) is 13.2. The second-order valence-corrected chi connectivity index (χ2v) is 15.1. The van der Waals surface area contributed by atoms with Crippen LogP contribution >= 0.6 is 11.8 Å². The summed E-state index contributed by atoms with van der Waals surface area (Å²) in [6.45, 7) is 30.9. The molecule has 0 N–H and O–H groups in total. The van der Waals surface area contributed by atoms with E-state index in [-0.39, 0.29) is 0 Å². The minimum Gasteiger partial charge on any atom is -0.155 e. The van der Waals surface area contributed by atoms with Crippen molar-refractivity contribution in [3.63, 3.8) is 0 Å². The molecule has 0 radical (unpaired) electrons. The molecule has 1 heteroatoms. The molecule has 0 spiro atoms. The Hall–Kier alpha value is 0.350. The quantitative estimate of drug-likeness (QED) is 0.428. The molecule has 1 aliphatic heterocycles. The molecule has 2 aliphatic carbocycles. The first-order valence-corrected chi connectivity index (χ1v) is 13.8. The van der Waals surface area contributed by atoms with E-state index in [0.29, 0.717) is 10.8 Å². The molecule has 11 unspecified atom stereocenters. The summed E-state index contributed by atoms with van der Waals surface area (Å²) in [5.41, 5.74) is 0.951. The van der Waals surface area contributed by atoms with Gasteiger partial charge in [0.05, 0.1) is 0 Å². The van der Waals surface area contributed by atoms with Crippen molar-refractivity contribution in [1.29, 1.82) is 0 Å². The third-order valence-electron chi connectivity index (χ3n) is 10.8. The molecule has 11 atom stereocenters. The molecule has 3 aliphatic rings. The average Bonchev–Trinajstić information content (AvgIpc) is 3.12. The van der Waals surface area contributed by atoms with Gasteiger partial charge >= 0.3 is 0 Å². The third-order valence-corrected chi connectivity index (χ3v) is 12.5. The van der Waals surface area contributed by atoms with Crippen LogP contribution in [-0.2, 0) is 0 Å². The number of thioether (sulfide) groups is 1. The fourth-order valence-electron chi connectivity index (χ4n) is 9.55. The number of fused-ring (bicyclic) bond motifs is 1. The van der Waals surface area contributed by atoms with E-state index in [1.807, 2.05) is 0 Å². The highest BCUT2D eigenvalue weighted by molar-refractivity contribution is 8.00. The summed E-state index contributed by atoms with van der Waals surface area (Å²) in [6, 6.07) is 0. The molecule has 0 nitrogen and oxygen atoms in total. The molecule has 0 aromatic rings. The van der Waals surface area contributed by atoms with E-state index >= 15 is 0 Å². The van der Waals surface area contributed by atoms with Gasteiger partial charge in [-0.3, -0.25) is 0 Å². The zero-order valence-electron chi connectivity index (χ0n) is 21.8. The highest BCUT2D eigenvalue weighted by Crippen LogP contribution is 2.66. The Labute approximate surface area is 188 Å². The predicted molar refractivity (Wildman–Crippen MR) is 132 cm³/mol. The molecule has 29 heavy (non-hydrogen) atoms. The van der Waals surface area contributed by atoms with Gasteiger partial charge in [-0.05, 0) is 82.9 Å². The Morgan fingerprint density at radius 1 is 0.759 bits per heavy atom. The minimum absolute atomic E-state index is 0.460. The maximum Gasteiger partial charge on any atom is 0.0112 e. The van der Waals surface area contributed by atoms with Crippen LogP contribution in [0.3, 0.4) is 0 Å². The van der Waals surface area contributed by atoms with Crippen LogP contribution in [-0.4, -0.2) is 10.5 Å². The Balaban J connectivity index is 1.85. The molecule has 2 saturated carbocycles. The van der Waals surface area contributed by atoms with Gasteiger partial charge in [0, 0.05) is 10.5 Å². The SMILES string of the molecule is CC(C)CC1C(C)C(C)C(C(C)C(C)C2C(C)C3SC(C)CC3C2(C)C)C1(C)C. The number of rotatable bonds is 5. The van der Waals surface area contributed by atoms with Gasteiger partial charge in [0.2, 0.25) is 0 Å². The van der Waals surface area contributed by atoms with Crippen LogP contribution in [0.1, 0.15) is 95.9 Å². The van der Waals surface area contributed by atoms with Gasteiger partial charge in [0.25, 0.3) is 0 Å². The highest BCUT2D eigenvalue weighted by Gasteiger charge is 2.60. The summed E-state index contributed by atoms with van der Waals surface area (Å²) >= 11 is 2.32. The van der Waals surface area contributed by atoms with Gasteiger partial charge < -0.3 is 0 Å². The standard InChI is InChI=1S/C28H52S/c1-15(2)13-22-17(4)18(5)24(27(22,9)10)19(6)20(7)25-21(8)26-23(28(25,11)12)14-16(3)29-26/h15-26H,13-14H2,1-12H3. The summed E-state index contributed by atoms with van der Waals surface area (Å²) in [5.74, 6) is 8.54. The molecule has 0 aromatic carbocycles. The van der Waals surface area contributed by atoms with Gasteiger partial charge in [-0.2, -0.15) is 11.8 Å². The maximum atomic E-state index is 2.64. The molecular weight excluding hydrogens is 368 g/mol. The minimum atomic E-state index is 0.460. The van der Waals surface area contributed by atoms with Crippen LogP contribution in [0.2, 0.25) is 0 Å². The fourth-order valence-corrected chi connectivity index (χ4v) is 11.5. The topological polar surface area (TPSA) is 0 Å². The molecule has 0 bridgehead atoms. The summed E-state index contributed by atoms with van der Waals surface area (Å²) in [7, 11) is 0. The first-order valence-electron chi connectivity index (χ1n) is 12.9. The molecule has 0 aromatic heterocycles. The lowest BCUT2D eigenvalue weighted by Crippen LogP contribution is -2.40. The van der Waals surface area contributed by atoms with Gasteiger partial charge in [0.1, 0.15) is 0 Å². The van der Waals surface area contributed by atoms with E-state index in [9.17, 15) is 0 Å². The Morgan fingerprint density at radius 3 is 1.76 bits per heavy atom. The highest BCUT2D eigenvalue weighted by atomic mass is 32.2. The van der Waals surface area contributed by atoms with Crippen molar-refractivity contribution in [1.82, 2.24) is 0 Å². The molecule has 1 saturated heterocycles. The molecular formula is C28H52S. The van der Waals surface area contributed by atoms with Crippen LogP contribution in [0.25, 0.3) is 0 Å². The van der Waals surface area contributed by atoms with Crippen molar-refractivity contribution < 1.29 is 0 Å². The Bertz CT molecular complexity index is 575. The maximum absolute atomic E-state index is 2.64. The molecule has 3 fully saturated rings. The van der Waals surface area contributed by atoms with E-state index in [1.54, 1.807) is 0 Å². The van der Waals surface area contributed by atoms with Crippen molar-refractivity contribution >= 4 is 11.8 Å². The monoisotopic (exact) mass is 420 g/mol. The summed E-state index contributed by atoms with van der Waals surface area (Å²) in [6.07, 6.45) is 2.85. The molecule has 0 amide bonds. The van der Waals surface area contributed by atoms with E-state index in [2.05, 4.69) is 94.8 Å². The number of hydrogen-bond donors (Lipinski definition) is 0. The lowest BCUT2D eigenvalue weighted by atomic mass is 9.59. The largest absolute Gasteiger partial charge is 0.155 e. The lowest BCUT2D eigenvalue weighted by molar-refractivity contribution is 0.0213. The first kappa shape index (κ1) is 24.0. The van der Waals surface area contributed by atoms with Crippen molar-refractivity contribution in [3.05, 3.63) is 0 Å². The molecule has 3 rings (SSSR count). The summed E-state index contributed by atoms with van der Waals surface area (Å²) in [5, 5.41) is 1.77. The second-order valence-electron chi connectivity index (χ2n) is 13.5. The molecule has 1 heterocycles. The third kappa shape index (κ3) is 3.76. The van der Waals surface area contributed by atoms with Gasteiger partial charge in [-0.25, -0.2) is 0 Å². The van der Waals surface area contributed by atoms with Crippen LogP contribution in [0.15, 0.2) is 0 Å². The van der Waals surface area contributed by atoms with E-state index in [0.717, 1.165) is 69.7 Å². The van der Waals surface area contributed by atoms with Crippen LogP contribution in [0.4, 0.5) is 0 Å². The Kier molecular flexibility index (Phi) is 6.66. The van der Waals surface area contributed by atoms with Crippen LogP contribution < -0.4 is 0 Å². The van der Waals surface area contributed by atoms with Crippen molar-refractivity contribution in [2.75, 3.05) is 0 Å². The van der Waals surface area contributed by atoms with E-state index < -0.39 is 0 Å². The smallest absolute Gasteiger partial charge is 0.0112 e. The van der Waals surface area contributed by atoms with E-state index in [4.69, 9.17) is 0 Å².